The van der Waals surface area contributed by atoms with E-state index in [1.54, 1.807) is 12.1 Å². The van der Waals surface area contributed by atoms with E-state index in [-0.39, 0.29) is 0 Å². The van der Waals surface area contributed by atoms with Crippen molar-refractivity contribution >= 4 is 11.8 Å². The normalized spacial score (nSPS) is 11.9. The van der Waals surface area contributed by atoms with Crippen LogP contribution in [-0.4, -0.2) is 37.1 Å². The van der Waals surface area contributed by atoms with Crippen LogP contribution in [0.3, 0.4) is 0 Å². The minimum atomic E-state index is -1.21. The quantitative estimate of drug-likeness (QED) is 0.563. The summed E-state index contributed by atoms with van der Waals surface area (Å²) in [4.78, 5) is 22.5. The Balaban J connectivity index is 2.91. The fourth-order valence-electron chi connectivity index (χ4n) is 1.29. The molecule has 0 fully saturated rings. The van der Waals surface area contributed by atoms with Gasteiger partial charge in [-0.05, 0) is 31.3 Å². The van der Waals surface area contributed by atoms with Crippen molar-refractivity contribution in [2.24, 2.45) is 0 Å². The lowest BCUT2D eigenvalue weighted by Gasteiger charge is -2.10. The van der Waals surface area contributed by atoms with Gasteiger partial charge in [-0.1, -0.05) is 0 Å². The SMILES string of the molecule is CNC(C(=O)O)C(=O)c1ccc(OC)cc1. The van der Waals surface area contributed by atoms with Crippen molar-refractivity contribution in [2.75, 3.05) is 14.2 Å². The summed E-state index contributed by atoms with van der Waals surface area (Å²) >= 11 is 0. The number of rotatable bonds is 5. The van der Waals surface area contributed by atoms with Crippen LogP contribution in [0.2, 0.25) is 0 Å². The van der Waals surface area contributed by atoms with Crippen molar-refractivity contribution in [3.8, 4) is 5.75 Å². The van der Waals surface area contributed by atoms with Crippen LogP contribution < -0.4 is 10.1 Å². The Hall–Kier alpha value is -1.88. The number of methoxy groups -OCH3 is 1. The first-order valence-electron chi connectivity index (χ1n) is 4.68. The van der Waals surface area contributed by atoms with E-state index in [4.69, 9.17) is 9.84 Å². The first-order valence-corrected chi connectivity index (χ1v) is 4.68. The van der Waals surface area contributed by atoms with Gasteiger partial charge in [0, 0.05) is 5.56 Å². The highest BCUT2D eigenvalue weighted by atomic mass is 16.5. The van der Waals surface area contributed by atoms with Crippen LogP contribution in [0, 0.1) is 0 Å². The largest absolute Gasteiger partial charge is 0.497 e. The fourth-order valence-corrected chi connectivity index (χ4v) is 1.29. The molecule has 5 heteroatoms. The van der Waals surface area contributed by atoms with Gasteiger partial charge in [-0.2, -0.15) is 0 Å². The number of carboxylic acids is 1. The Labute approximate surface area is 93.0 Å². The van der Waals surface area contributed by atoms with Gasteiger partial charge in [0.05, 0.1) is 7.11 Å². The standard InChI is InChI=1S/C11H13NO4/c1-12-9(11(14)15)10(13)7-3-5-8(16-2)6-4-7/h3-6,9,12H,1-2H3,(H,14,15). The smallest absolute Gasteiger partial charge is 0.328 e. The summed E-state index contributed by atoms with van der Waals surface area (Å²) in [5.74, 6) is -1.05. The number of hydrogen-bond donors (Lipinski definition) is 2. The first kappa shape index (κ1) is 12.2. The summed E-state index contributed by atoms with van der Waals surface area (Å²) < 4.78 is 4.94. The lowest BCUT2D eigenvalue weighted by molar-refractivity contribution is -0.137. The number of Topliss-reactive ketones (excluding diaryl/α,β-unsaturated/α-hetero) is 1. The monoisotopic (exact) mass is 223 g/mol. The molecule has 86 valence electrons. The first-order chi connectivity index (χ1) is 7.60. The van der Waals surface area contributed by atoms with Crippen LogP contribution in [-0.2, 0) is 4.79 Å². The van der Waals surface area contributed by atoms with Crippen molar-refractivity contribution in [2.45, 2.75) is 6.04 Å². The van der Waals surface area contributed by atoms with Crippen LogP contribution in [0.4, 0.5) is 0 Å². The number of aliphatic carboxylic acids is 1. The third kappa shape index (κ3) is 2.58. The zero-order valence-corrected chi connectivity index (χ0v) is 9.06. The number of hydrogen-bond acceptors (Lipinski definition) is 4. The molecule has 1 unspecified atom stereocenters. The molecule has 0 aromatic heterocycles. The van der Waals surface area contributed by atoms with E-state index < -0.39 is 17.8 Å². The Kier molecular flexibility index (Phi) is 4.02. The van der Waals surface area contributed by atoms with Crippen molar-refractivity contribution in [1.29, 1.82) is 0 Å². The molecule has 0 saturated heterocycles. The van der Waals surface area contributed by atoms with Gasteiger partial charge in [-0.3, -0.25) is 9.59 Å². The van der Waals surface area contributed by atoms with Crippen LogP contribution in [0.25, 0.3) is 0 Å². The molecule has 0 heterocycles. The summed E-state index contributed by atoms with van der Waals surface area (Å²) in [6.45, 7) is 0. The van der Waals surface area contributed by atoms with Gasteiger partial charge in [0.15, 0.2) is 11.8 Å². The number of ether oxygens (including phenoxy) is 1. The van der Waals surface area contributed by atoms with Crippen LogP contribution >= 0.6 is 0 Å². The van der Waals surface area contributed by atoms with E-state index in [2.05, 4.69) is 5.32 Å². The molecule has 0 spiro atoms. The molecular weight excluding hydrogens is 210 g/mol. The highest BCUT2D eigenvalue weighted by molar-refractivity contribution is 6.11. The maximum absolute atomic E-state index is 11.7. The number of nitrogens with one attached hydrogen (secondary N) is 1. The fraction of sp³-hybridized carbons (Fsp3) is 0.273. The van der Waals surface area contributed by atoms with Gasteiger partial charge in [0.2, 0.25) is 0 Å². The molecule has 0 bridgehead atoms. The topological polar surface area (TPSA) is 75.6 Å². The third-order valence-electron chi connectivity index (χ3n) is 2.17. The van der Waals surface area contributed by atoms with E-state index in [0.717, 1.165) is 0 Å². The summed E-state index contributed by atoms with van der Waals surface area (Å²) in [6, 6.07) is 5.08. The van der Waals surface area contributed by atoms with Crippen molar-refractivity contribution in [1.82, 2.24) is 5.32 Å². The van der Waals surface area contributed by atoms with Gasteiger partial charge < -0.3 is 15.2 Å². The number of carbonyl (C=O) groups is 2. The molecular formula is C11H13NO4. The van der Waals surface area contributed by atoms with Gasteiger partial charge in [0.1, 0.15) is 5.75 Å². The highest BCUT2D eigenvalue weighted by Gasteiger charge is 2.25. The van der Waals surface area contributed by atoms with Gasteiger partial charge in [0.25, 0.3) is 0 Å². The predicted molar refractivity (Wildman–Crippen MR) is 57.8 cm³/mol. The van der Waals surface area contributed by atoms with E-state index in [1.807, 2.05) is 0 Å². The van der Waals surface area contributed by atoms with E-state index in [0.29, 0.717) is 11.3 Å². The molecule has 1 atom stereocenters. The van der Waals surface area contributed by atoms with Crippen molar-refractivity contribution in [3.63, 3.8) is 0 Å². The zero-order chi connectivity index (χ0) is 12.1. The Morgan fingerprint density at radius 2 is 1.88 bits per heavy atom. The minimum absolute atomic E-state index is 0.336. The van der Waals surface area contributed by atoms with E-state index >= 15 is 0 Å². The summed E-state index contributed by atoms with van der Waals surface area (Å²) in [7, 11) is 2.95. The summed E-state index contributed by atoms with van der Waals surface area (Å²) in [6.07, 6.45) is 0. The lowest BCUT2D eigenvalue weighted by Crippen LogP contribution is -2.41. The van der Waals surface area contributed by atoms with Crippen LogP contribution in [0.15, 0.2) is 24.3 Å². The number of carboxylic acid groups (broad SMARTS) is 1. The van der Waals surface area contributed by atoms with Crippen LogP contribution in [0.5, 0.6) is 5.75 Å². The second-order valence-corrected chi connectivity index (χ2v) is 3.15. The van der Waals surface area contributed by atoms with Gasteiger partial charge in [-0.25, -0.2) is 0 Å². The number of likely N-dealkylation sites (N-methyl/N-ethyl adjacent to an activating group) is 1. The van der Waals surface area contributed by atoms with Gasteiger partial charge in [-0.15, -0.1) is 0 Å². The molecule has 16 heavy (non-hydrogen) atoms. The zero-order valence-electron chi connectivity index (χ0n) is 9.06. The average Bonchev–Trinajstić information content (AvgIpc) is 2.29. The van der Waals surface area contributed by atoms with E-state index in [9.17, 15) is 9.59 Å². The molecule has 1 rings (SSSR count). The molecule has 5 nitrogen and oxygen atoms in total. The Morgan fingerprint density at radius 3 is 2.25 bits per heavy atom. The number of carbonyl (C=O) groups excluding carboxylic acids is 1. The molecule has 2 N–H and O–H groups in total. The summed E-state index contributed by atoms with van der Waals surface area (Å²) in [5.41, 5.74) is 0.336. The molecule has 0 aliphatic rings. The second kappa shape index (κ2) is 5.27. The molecule has 1 aromatic rings. The van der Waals surface area contributed by atoms with Gasteiger partial charge >= 0.3 is 5.97 Å². The van der Waals surface area contributed by atoms with Crippen molar-refractivity contribution < 1.29 is 19.4 Å². The molecule has 0 saturated carbocycles. The molecule has 0 amide bonds. The third-order valence-corrected chi connectivity index (χ3v) is 2.17. The molecule has 0 aliphatic heterocycles. The molecule has 0 aliphatic carbocycles. The van der Waals surface area contributed by atoms with Crippen LogP contribution in [0.1, 0.15) is 10.4 Å². The predicted octanol–water partition coefficient (Wildman–Crippen LogP) is 0.550. The molecule has 0 radical (unpaired) electrons. The Morgan fingerprint density at radius 1 is 1.31 bits per heavy atom. The summed E-state index contributed by atoms with van der Waals surface area (Å²) in [5, 5.41) is 11.2. The number of ketones is 1. The molecule has 1 aromatic carbocycles. The second-order valence-electron chi connectivity index (χ2n) is 3.15. The maximum atomic E-state index is 11.7. The van der Waals surface area contributed by atoms with E-state index in [1.165, 1.54) is 26.3 Å². The Bertz CT molecular complexity index is 385. The minimum Gasteiger partial charge on any atom is -0.497 e. The highest BCUT2D eigenvalue weighted by Crippen LogP contribution is 2.12. The maximum Gasteiger partial charge on any atom is 0.328 e. The average molecular weight is 223 g/mol. The number of benzene rings is 1. The van der Waals surface area contributed by atoms with Crippen molar-refractivity contribution in [3.05, 3.63) is 29.8 Å². The lowest BCUT2D eigenvalue weighted by atomic mass is 10.0.